The van der Waals surface area contributed by atoms with Gasteiger partial charge in [0.25, 0.3) is 5.91 Å². The SMILES string of the molecule is CC(CC1CC1)NC(=O)c1csc(C#CCN)c1. The van der Waals surface area contributed by atoms with E-state index in [9.17, 15) is 4.79 Å². The lowest BCUT2D eigenvalue weighted by molar-refractivity contribution is 0.0938. The van der Waals surface area contributed by atoms with Crippen molar-refractivity contribution in [1.29, 1.82) is 0 Å². The Balaban J connectivity index is 1.89. The molecule has 18 heavy (non-hydrogen) atoms. The standard InChI is InChI=1S/C14H18N2OS/c1-10(7-11-4-5-11)16-14(17)12-8-13(18-9-12)3-2-6-15/h8-11H,4-7,15H2,1H3,(H,16,17). The second-order valence-corrected chi connectivity index (χ2v) is 5.67. The van der Waals surface area contributed by atoms with Crippen molar-refractivity contribution in [2.75, 3.05) is 6.54 Å². The number of rotatable bonds is 4. The molecule has 0 aromatic carbocycles. The normalized spacial score (nSPS) is 15.7. The third kappa shape index (κ3) is 3.86. The van der Waals surface area contributed by atoms with Gasteiger partial charge < -0.3 is 11.1 Å². The summed E-state index contributed by atoms with van der Waals surface area (Å²) in [4.78, 5) is 12.9. The van der Waals surface area contributed by atoms with E-state index >= 15 is 0 Å². The van der Waals surface area contributed by atoms with Crippen LogP contribution in [0.3, 0.4) is 0 Å². The van der Waals surface area contributed by atoms with Gasteiger partial charge in [-0.2, -0.15) is 0 Å². The lowest BCUT2D eigenvalue weighted by atomic mass is 10.1. The number of hydrogen-bond donors (Lipinski definition) is 2. The quantitative estimate of drug-likeness (QED) is 0.815. The van der Waals surface area contributed by atoms with Crippen LogP contribution in [0, 0.1) is 17.8 Å². The summed E-state index contributed by atoms with van der Waals surface area (Å²) in [5.74, 6) is 6.55. The summed E-state index contributed by atoms with van der Waals surface area (Å²) in [6.07, 6.45) is 3.73. The van der Waals surface area contributed by atoms with E-state index in [1.54, 1.807) is 0 Å². The Morgan fingerprint density at radius 2 is 2.44 bits per heavy atom. The first-order valence-electron chi connectivity index (χ1n) is 6.27. The van der Waals surface area contributed by atoms with Crippen LogP contribution in [-0.4, -0.2) is 18.5 Å². The first-order chi connectivity index (χ1) is 8.69. The second kappa shape index (κ2) is 6.03. The fraction of sp³-hybridized carbons (Fsp3) is 0.500. The van der Waals surface area contributed by atoms with Crippen LogP contribution in [-0.2, 0) is 0 Å². The van der Waals surface area contributed by atoms with Crippen LogP contribution in [0.2, 0.25) is 0 Å². The minimum Gasteiger partial charge on any atom is -0.350 e. The molecule has 0 aliphatic heterocycles. The monoisotopic (exact) mass is 262 g/mol. The summed E-state index contributed by atoms with van der Waals surface area (Å²) < 4.78 is 0. The molecular formula is C14H18N2OS. The number of hydrogen-bond acceptors (Lipinski definition) is 3. The summed E-state index contributed by atoms with van der Waals surface area (Å²) in [6.45, 7) is 2.41. The van der Waals surface area contributed by atoms with Gasteiger partial charge in [-0.05, 0) is 25.3 Å². The van der Waals surface area contributed by atoms with Gasteiger partial charge in [0.2, 0.25) is 0 Å². The summed E-state index contributed by atoms with van der Waals surface area (Å²) in [5, 5.41) is 4.88. The molecule has 0 bridgehead atoms. The number of thiophene rings is 1. The van der Waals surface area contributed by atoms with Gasteiger partial charge in [-0.25, -0.2) is 0 Å². The van der Waals surface area contributed by atoms with Gasteiger partial charge in [-0.1, -0.05) is 24.7 Å². The van der Waals surface area contributed by atoms with E-state index in [0.29, 0.717) is 12.1 Å². The number of carbonyl (C=O) groups excluding carboxylic acids is 1. The molecule has 3 N–H and O–H groups in total. The Bertz CT molecular complexity index is 479. The first kappa shape index (κ1) is 13.1. The van der Waals surface area contributed by atoms with Crippen molar-refractivity contribution in [2.45, 2.75) is 32.2 Å². The predicted molar refractivity (Wildman–Crippen MR) is 74.5 cm³/mol. The van der Waals surface area contributed by atoms with E-state index in [2.05, 4.69) is 24.1 Å². The Kier molecular flexibility index (Phi) is 4.40. The van der Waals surface area contributed by atoms with Crippen LogP contribution in [0.25, 0.3) is 0 Å². The van der Waals surface area contributed by atoms with E-state index in [1.807, 2.05) is 11.4 Å². The number of amides is 1. The van der Waals surface area contributed by atoms with Crippen LogP contribution in [0.4, 0.5) is 0 Å². The molecule has 3 nitrogen and oxygen atoms in total. The van der Waals surface area contributed by atoms with Crippen molar-refractivity contribution in [3.63, 3.8) is 0 Å². The minimum absolute atomic E-state index is 0.000184. The zero-order valence-corrected chi connectivity index (χ0v) is 11.3. The minimum atomic E-state index is 0.000184. The van der Waals surface area contributed by atoms with Crippen LogP contribution in [0.1, 0.15) is 41.4 Å². The molecule has 2 rings (SSSR count). The van der Waals surface area contributed by atoms with E-state index in [0.717, 1.165) is 17.2 Å². The summed E-state index contributed by atoms with van der Waals surface area (Å²) in [6, 6.07) is 2.08. The summed E-state index contributed by atoms with van der Waals surface area (Å²) in [5.41, 5.74) is 6.01. The molecule has 0 radical (unpaired) electrons. The lowest BCUT2D eigenvalue weighted by Gasteiger charge is -2.12. The average molecular weight is 262 g/mol. The first-order valence-corrected chi connectivity index (χ1v) is 7.15. The Morgan fingerprint density at radius 3 is 3.11 bits per heavy atom. The largest absolute Gasteiger partial charge is 0.350 e. The fourth-order valence-corrected chi connectivity index (χ4v) is 2.63. The molecule has 0 spiro atoms. The summed E-state index contributed by atoms with van der Waals surface area (Å²) in [7, 11) is 0. The number of nitrogens with two attached hydrogens (primary N) is 1. The molecule has 1 aliphatic rings. The van der Waals surface area contributed by atoms with Gasteiger partial charge in [0.05, 0.1) is 17.0 Å². The Labute approximate surface area is 112 Å². The van der Waals surface area contributed by atoms with Crippen LogP contribution < -0.4 is 11.1 Å². The van der Waals surface area contributed by atoms with Gasteiger partial charge >= 0.3 is 0 Å². The third-order valence-electron chi connectivity index (χ3n) is 2.94. The highest BCUT2D eigenvalue weighted by molar-refractivity contribution is 7.10. The molecule has 1 aromatic rings. The van der Waals surface area contributed by atoms with E-state index in [1.165, 1.54) is 24.2 Å². The van der Waals surface area contributed by atoms with E-state index in [-0.39, 0.29) is 11.9 Å². The Hall–Kier alpha value is -1.31. The molecule has 0 saturated heterocycles. The van der Waals surface area contributed by atoms with Crippen molar-refractivity contribution in [2.24, 2.45) is 11.7 Å². The van der Waals surface area contributed by atoms with Crippen molar-refractivity contribution in [3.05, 3.63) is 21.9 Å². The molecular weight excluding hydrogens is 244 g/mol. The van der Waals surface area contributed by atoms with Crippen molar-refractivity contribution >= 4 is 17.2 Å². The zero-order valence-electron chi connectivity index (χ0n) is 10.5. The molecule has 4 heteroatoms. The maximum absolute atomic E-state index is 12.0. The fourth-order valence-electron chi connectivity index (χ4n) is 1.88. The maximum Gasteiger partial charge on any atom is 0.252 e. The highest BCUT2D eigenvalue weighted by Crippen LogP contribution is 2.33. The highest BCUT2D eigenvalue weighted by Gasteiger charge is 2.24. The topological polar surface area (TPSA) is 55.1 Å². The van der Waals surface area contributed by atoms with Gasteiger partial charge in [0, 0.05) is 11.4 Å². The smallest absolute Gasteiger partial charge is 0.252 e. The molecule has 1 heterocycles. The number of nitrogens with one attached hydrogen (secondary N) is 1. The van der Waals surface area contributed by atoms with Gasteiger partial charge in [0.1, 0.15) is 0 Å². The molecule has 1 fully saturated rings. The second-order valence-electron chi connectivity index (χ2n) is 4.76. The molecule has 1 saturated carbocycles. The number of carbonyl (C=O) groups is 1. The third-order valence-corrected chi connectivity index (χ3v) is 3.78. The van der Waals surface area contributed by atoms with Gasteiger partial charge in [-0.3, -0.25) is 4.79 Å². The maximum atomic E-state index is 12.0. The van der Waals surface area contributed by atoms with Gasteiger partial charge in [-0.15, -0.1) is 11.3 Å². The summed E-state index contributed by atoms with van der Waals surface area (Å²) >= 11 is 1.48. The molecule has 1 aliphatic carbocycles. The molecule has 1 atom stereocenters. The Morgan fingerprint density at radius 1 is 1.67 bits per heavy atom. The van der Waals surface area contributed by atoms with Crippen molar-refractivity contribution in [1.82, 2.24) is 5.32 Å². The highest BCUT2D eigenvalue weighted by atomic mass is 32.1. The van der Waals surface area contributed by atoms with E-state index < -0.39 is 0 Å². The van der Waals surface area contributed by atoms with Crippen molar-refractivity contribution in [3.8, 4) is 11.8 Å². The zero-order chi connectivity index (χ0) is 13.0. The average Bonchev–Trinajstić information content (AvgIpc) is 3.01. The van der Waals surface area contributed by atoms with Gasteiger partial charge in [0.15, 0.2) is 0 Å². The molecule has 1 amide bonds. The molecule has 1 aromatic heterocycles. The molecule has 1 unspecified atom stereocenters. The van der Waals surface area contributed by atoms with Crippen molar-refractivity contribution < 1.29 is 4.79 Å². The molecule has 96 valence electrons. The predicted octanol–water partition coefficient (Wildman–Crippen LogP) is 1.98. The van der Waals surface area contributed by atoms with E-state index in [4.69, 9.17) is 5.73 Å². The van der Waals surface area contributed by atoms with Crippen LogP contribution >= 0.6 is 11.3 Å². The van der Waals surface area contributed by atoms with Crippen LogP contribution in [0.5, 0.6) is 0 Å². The van der Waals surface area contributed by atoms with Crippen LogP contribution in [0.15, 0.2) is 11.4 Å². The lowest BCUT2D eigenvalue weighted by Crippen LogP contribution is -2.32.